The smallest absolute Gasteiger partial charge is 0.173 e. The predicted octanol–water partition coefficient (Wildman–Crippen LogP) is -6.93. The standard InChI is InChI=1S/2C7H12N2.ClHO4.NO3/c2*1-6-5-7(2)9-4-3-8-6;2-1(3,4)5;2-1(3)4/h2*5,8H,3-4H2,1-2H3;(H,2,3,4,5);/q;;;-1/p+1. The van der Waals surface area contributed by atoms with E-state index in [4.69, 9.17) is 34.0 Å². The minimum Gasteiger partial charge on any atom is -0.382 e. The van der Waals surface area contributed by atoms with Crippen molar-refractivity contribution < 1.29 is 44.0 Å². The van der Waals surface area contributed by atoms with Crippen molar-refractivity contribution in [2.75, 3.05) is 26.2 Å². The third-order valence-corrected chi connectivity index (χ3v) is 2.73. The van der Waals surface area contributed by atoms with Gasteiger partial charge in [0.15, 0.2) is 24.5 Å². The van der Waals surface area contributed by atoms with Crippen LogP contribution < -0.4 is 39.3 Å². The van der Waals surface area contributed by atoms with Gasteiger partial charge >= 0.3 is 0 Å². The van der Waals surface area contributed by atoms with Gasteiger partial charge in [0, 0.05) is 37.4 Å². The zero-order valence-corrected chi connectivity index (χ0v) is 16.4. The van der Waals surface area contributed by atoms with Crippen molar-refractivity contribution >= 4 is 11.4 Å². The molecule has 0 bridgehead atoms. The molecule has 2 aliphatic rings. The highest BCUT2D eigenvalue weighted by Crippen LogP contribution is 1.85. The topological polar surface area (TPSA) is 210 Å². The molecule has 12 nitrogen and oxygen atoms in total. The highest BCUT2D eigenvalue weighted by molar-refractivity contribution is 5.88. The van der Waals surface area contributed by atoms with Crippen molar-refractivity contribution in [2.45, 2.75) is 27.7 Å². The van der Waals surface area contributed by atoms with Crippen LogP contribution in [0, 0.1) is 25.6 Å². The zero-order chi connectivity index (χ0) is 21.5. The lowest BCUT2D eigenvalue weighted by atomic mass is 10.3. The van der Waals surface area contributed by atoms with E-state index in [2.05, 4.69) is 60.5 Å². The van der Waals surface area contributed by atoms with Crippen LogP contribution in [0.25, 0.3) is 0 Å². The van der Waals surface area contributed by atoms with Gasteiger partial charge in [-0.05, 0) is 13.8 Å². The average molecular weight is 412 g/mol. The maximum Gasteiger partial charge on any atom is 0.173 e. The minimum atomic E-state index is -4.94. The van der Waals surface area contributed by atoms with Gasteiger partial charge in [-0.2, -0.15) is 0 Å². The van der Waals surface area contributed by atoms with Gasteiger partial charge in [-0.3, -0.25) is 0 Å². The Bertz CT molecular complexity index is 523. The fraction of sp³-hybridized carbons (Fsp3) is 0.571. The monoisotopic (exact) mass is 411 g/mol. The maximum absolute atomic E-state index is 8.49. The summed E-state index contributed by atoms with van der Waals surface area (Å²) < 4.78 is 34.0. The van der Waals surface area contributed by atoms with E-state index < -0.39 is 15.3 Å². The Hall–Kier alpha value is -2.25. The summed E-state index contributed by atoms with van der Waals surface area (Å²) in [5.74, 6) is 0. The molecule has 0 amide bonds. The summed E-state index contributed by atoms with van der Waals surface area (Å²) in [6, 6.07) is 0. The van der Waals surface area contributed by atoms with Gasteiger partial charge in [0.05, 0.1) is 18.2 Å². The molecule has 27 heavy (non-hydrogen) atoms. The van der Waals surface area contributed by atoms with Crippen molar-refractivity contribution in [3.63, 3.8) is 0 Å². The van der Waals surface area contributed by atoms with E-state index in [1.54, 1.807) is 0 Å². The zero-order valence-electron chi connectivity index (χ0n) is 15.7. The van der Waals surface area contributed by atoms with Gasteiger partial charge in [0.2, 0.25) is 0 Å². The molecule has 0 aliphatic carbocycles. The molecule has 0 spiro atoms. The molecule has 2 aliphatic heterocycles. The highest BCUT2D eigenvalue weighted by Gasteiger charge is 2.00. The van der Waals surface area contributed by atoms with Crippen molar-refractivity contribution in [3.05, 3.63) is 38.9 Å². The number of halogens is 1. The molecular formula is C14H26ClN5O7. The SMILES string of the molecule is CC1=CC(C)=[NH+]CCN1.CC1=CC(C)=[NH+]CCN1.O=[N+]([O-])[O-].[O-][Cl+3]([O-])([O-])[O-]. The van der Waals surface area contributed by atoms with Gasteiger partial charge in [0.1, 0.15) is 0 Å². The lowest BCUT2D eigenvalue weighted by Crippen LogP contribution is -2.73. The minimum absolute atomic E-state index is 1.03. The van der Waals surface area contributed by atoms with Crippen LogP contribution in [-0.4, -0.2) is 42.7 Å². The first-order chi connectivity index (χ1) is 12.3. The second-order valence-corrected chi connectivity index (χ2v) is 6.09. The Kier molecular flexibility index (Phi) is 14.9. The quantitative estimate of drug-likeness (QED) is 0.220. The molecule has 13 heteroatoms. The molecule has 0 aromatic rings. The second kappa shape index (κ2) is 14.9. The van der Waals surface area contributed by atoms with Crippen LogP contribution in [-0.2, 0) is 0 Å². The Morgan fingerprint density at radius 1 is 0.852 bits per heavy atom. The number of rotatable bonds is 0. The molecule has 0 unspecified atom stereocenters. The van der Waals surface area contributed by atoms with Crippen molar-refractivity contribution in [1.29, 1.82) is 0 Å². The fourth-order valence-corrected chi connectivity index (χ4v) is 1.89. The van der Waals surface area contributed by atoms with Crippen LogP contribution >= 0.6 is 0 Å². The molecule has 2 heterocycles. The Morgan fingerprint density at radius 3 is 1.37 bits per heavy atom. The summed E-state index contributed by atoms with van der Waals surface area (Å²) in [7, 11) is -4.94. The highest BCUT2D eigenvalue weighted by atomic mass is 35.7. The van der Waals surface area contributed by atoms with Crippen LogP contribution in [0.4, 0.5) is 0 Å². The lowest BCUT2D eigenvalue weighted by molar-refractivity contribution is -2.00. The summed E-state index contributed by atoms with van der Waals surface area (Å²) in [5.41, 5.74) is 4.99. The molecule has 0 aromatic carbocycles. The van der Waals surface area contributed by atoms with E-state index in [0.29, 0.717) is 0 Å². The van der Waals surface area contributed by atoms with E-state index in [-0.39, 0.29) is 0 Å². The molecule has 0 radical (unpaired) electrons. The third kappa shape index (κ3) is 28.8. The number of hydrogen-bond donors (Lipinski definition) is 4. The van der Waals surface area contributed by atoms with Gasteiger partial charge in [-0.25, -0.2) is 28.6 Å². The van der Waals surface area contributed by atoms with Crippen molar-refractivity contribution in [3.8, 4) is 0 Å². The van der Waals surface area contributed by atoms with E-state index in [9.17, 15) is 0 Å². The fourth-order valence-electron chi connectivity index (χ4n) is 1.89. The molecule has 0 saturated heterocycles. The largest absolute Gasteiger partial charge is 0.382 e. The van der Waals surface area contributed by atoms with E-state index >= 15 is 0 Å². The first kappa shape index (κ1) is 27.0. The average Bonchev–Trinajstić information content (AvgIpc) is 2.76. The lowest BCUT2D eigenvalue weighted by Gasteiger charge is -2.17. The molecule has 0 fully saturated rings. The summed E-state index contributed by atoms with van der Waals surface area (Å²) >= 11 is 0. The van der Waals surface area contributed by atoms with Gasteiger partial charge in [0.25, 0.3) is 0 Å². The maximum atomic E-state index is 8.49. The Balaban J connectivity index is 0. The van der Waals surface area contributed by atoms with Crippen LogP contribution in [0.5, 0.6) is 0 Å². The van der Waals surface area contributed by atoms with Crippen molar-refractivity contribution in [2.24, 2.45) is 0 Å². The summed E-state index contributed by atoms with van der Waals surface area (Å²) in [6.07, 6.45) is 4.24. The summed E-state index contributed by atoms with van der Waals surface area (Å²) in [4.78, 5) is 14.8. The van der Waals surface area contributed by atoms with Crippen molar-refractivity contribution in [1.82, 2.24) is 10.6 Å². The number of nitrogens with zero attached hydrogens (tertiary/aromatic N) is 1. The number of hydrogen-bond acceptors (Lipinski definition) is 9. The molecule has 4 N–H and O–H groups in total. The third-order valence-electron chi connectivity index (χ3n) is 2.73. The summed E-state index contributed by atoms with van der Waals surface area (Å²) in [6.45, 7) is 12.4. The molecule has 0 atom stereocenters. The molecule has 156 valence electrons. The number of nitrogens with one attached hydrogen (secondary N) is 4. The van der Waals surface area contributed by atoms with E-state index in [0.717, 1.165) is 26.2 Å². The first-order valence-corrected chi connectivity index (χ1v) is 8.97. The van der Waals surface area contributed by atoms with Gasteiger partial charge in [-0.1, -0.05) is 0 Å². The first-order valence-electron chi connectivity index (χ1n) is 7.73. The second-order valence-electron chi connectivity index (χ2n) is 5.33. The van der Waals surface area contributed by atoms with Crippen LogP contribution in [0.2, 0.25) is 0 Å². The molecule has 2 rings (SSSR count). The molecule has 0 aromatic heterocycles. The van der Waals surface area contributed by atoms with Crippen LogP contribution in [0.3, 0.4) is 0 Å². The van der Waals surface area contributed by atoms with Crippen LogP contribution in [0.1, 0.15) is 27.7 Å². The summed E-state index contributed by atoms with van der Waals surface area (Å²) in [5, 5.41) is 21.3. The predicted molar refractivity (Wildman–Crippen MR) is 86.9 cm³/mol. The van der Waals surface area contributed by atoms with E-state index in [1.807, 2.05) is 0 Å². The van der Waals surface area contributed by atoms with E-state index in [1.165, 1.54) is 22.8 Å². The van der Waals surface area contributed by atoms with Gasteiger partial charge < -0.3 is 26.0 Å². The molecular weight excluding hydrogens is 386 g/mol. The Morgan fingerprint density at radius 2 is 1.11 bits per heavy atom. The Labute approximate surface area is 159 Å². The molecule has 0 saturated carbocycles. The van der Waals surface area contributed by atoms with Gasteiger partial charge in [-0.15, -0.1) is 10.2 Å². The van der Waals surface area contributed by atoms with Crippen LogP contribution in [0.15, 0.2) is 23.5 Å². The normalized spacial score (nSPS) is 16.0. The number of allylic oxidation sites excluding steroid dienone is 4.